The highest BCUT2D eigenvalue weighted by Crippen LogP contribution is 2.37. The molecule has 6 heteroatoms. The molecule has 0 bridgehead atoms. The lowest BCUT2D eigenvalue weighted by atomic mass is 9.77. The van der Waals surface area contributed by atoms with Crippen LogP contribution in [0.15, 0.2) is 0 Å². The molecular formula is C19H29N5O. The summed E-state index contributed by atoms with van der Waals surface area (Å²) in [7, 11) is 0. The van der Waals surface area contributed by atoms with Crippen molar-refractivity contribution in [2.24, 2.45) is 5.41 Å². The van der Waals surface area contributed by atoms with Crippen LogP contribution >= 0.6 is 0 Å². The summed E-state index contributed by atoms with van der Waals surface area (Å²) in [6, 6.07) is -0.0724. The molecule has 3 heterocycles. The maximum atomic E-state index is 12.6. The van der Waals surface area contributed by atoms with Crippen molar-refractivity contribution >= 4 is 5.91 Å². The molecule has 4 rings (SSSR count). The fourth-order valence-electron chi connectivity index (χ4n) is 4.65. The third-order valence-corrected chi connectivity index (χ3v) is 6.20. The number of aromatic nitrogens is 2. The maximum absolute atomic E-state index is 12.6. The SMILES string of the molecule is Cc1nc(CNC(=O)C2CC3(CCNCC3)CN2)nc2c1CCCC2. The number of aryl methyl sites for hydroxylation is 2. The Morgan fingerprint density at radius 2 is 2.04 bits per heavy atom. The minimum Gasteiger partial charge on any atom is -0.347 e. The Labute approximate surface area is 149 Å². The summed E-state index contributed by atoms with van der Waals surface area (Å²) in [4.78, 5) is 21.9. The van der Waals surface area contributed by atoms with Crippen LogP contribution in [-0.2, 0) is 24.2 Å². The van der Waals surface area contributed by atoms with Crippen molar-refractivity contribution < 1.29 is 4.79 Å². The van der Waals surface area contributed by atoms with Gasteiger partial charge >= 0.3 is 0 Å². The van der Waals surface area contributed by atoms with Crippen LogP contribution in [0.25, 0.3) is 0 Å². The molecule has 0 saturated carbocycles. The van der Waals surface area contributed by atoms with Gasteiger partial charge in [0.1, 0.15) is 5.82 Å². The summed E-state index contributed by atoms with van der Waals surface area (Å²) >= 11 is 0. The summed E-state index contributed by atoms with van der Waals surface area (Å²) in [5.41, 5.74) is 3.91. The van der Waals surface area contributed by atoms with Crippen molar-refractivity contribution in [2.45, 2.75) is 64.5 Å². The van der Waals surface area contributed by atoms with E-state index in [-0.39, 0.29) is 11.9 Å². The van der Waals surface area contributed by atoms with Crippen molar-refractivity contribution in [1.29, 1.82) is 0 Å². The number of rotatable bonds is 3. The second-order valence-electron chi connectivity index (χ2n) is 7.96. The monoisotopic (exact) mass is 343 g/mol. The van der Waals surface area contributed by atoms with E-state index < -0.39 is 0 Å². The summed E-state index contributed by atoms with van der Waals surface area (Å²) in [5, 5.41) is 9.90. The van der Waals surface area contributed by atoms with E-state index in [1.54, 1.807) is 0 Å². The predicted molar refractivity (Wildman–Crippen MR) is 96.2 cm³/mol. The minimum atomic E-state index is -0.0724. The molecule has 1 atom stereocenters. The quantitative estimate of drug-likeness (QED) is 0.763. The van der Waals surface area contributed by atoms with E-state index >= 15 is 0 Å². The zero-order chi connectivity index (χ0) is 17.3. The van der Waals surface area contributed by atoms with E-state index in [0.29, 0.717) is 12.0 Å². The number of nitrogens with one attached hydrogen (secondary N) is 3. The summed E-state index contributed by atoms with van der Waals surface area (Å²) in [6.07, 6.45) is 7.85. The highest BCUT2D eigenvalue weighted by molar-refractivity contribution is 5.82. The van der Waals surface area contributed by atoms with Gasteiger partial charge in [-0.2, -0.15) is 0 Å². The highest BCUT2D eigenvalue weighted by atomic mass is 16.2. The molecule has 1 unspecified atom stereocenters. The van der Waals surface area contributed by atoms with E-state index in [2.05, 4.69) is 27.9 Å². The number of amides is 1. The molecule has 1 spiro atoms. The zero-order valence-corrected chi connectivity index (χ0v) is 15.2. The summed E-state index contributed by atoms with van der Waals surface area (Å²) in [6.45, 7) is 5.59. The Kier molecular flexibility index (Phi) is 4.73. The van der Waals surface area contributed by atoms with Crippen molar-refractivity contribution in [3.8, 4) is 0 Å². The molecule has 1 aromatic heterocycles. The molecule has 3 N–H and O–H groups in total. The number of hydrogen-bond acceptors (Lipinski definition) is 5. The van der Waals surface area contributed by atoms with Crippen molar-refractivity contribution in [1.82, 2.24) is 25.9 Å². The molecule has 136 valence electrons. The second-order valence-corrected chi connectivity index (χ2v) is 7.96. The topological polar surface area (TPSA) is 78.9 Å². The van der Waals surface area contributed by atoms with Crippen LogP contribution in [-0.4, -0.2) is 41.6 Å². The lowest BCUT2D eigenvalue weighted by Gasteiger charge is -2.33. The number of nitrogens with zero attached hydrogens (tertiary/aromatic N) is 2. The molecular weight excluding hydrogens is 314 g/mol. The molecule has 2 fully saturated rings. The van der Waals surface area contributed by atoms with Crippen molar-refractivity contribution in [2.75, 3.05) is 19.6 Å². The van der Waals surface area contributed by atoms with Crippen LogP contribution in [0.4, 0.5) is 0 Å². The molecule has 3 aliphatic rings. The largest absolute Gasteiger partial charge is 0.347 e. The van der Waals surface area contributed by atoms with Crippen molar-refractivity contribution in [3.63, 3.8) is 0 Å². The van der Waals surface area contributed by atoms with Gasteiger partial charge in [0.05, 0.1) is 12.6 Å². The second kappa shape index (κ2) is 7.00. The molecule has 0 radical (unpaired) electrons. The van der Waals surface area contributed by atoms with E-state index in [1.165, 1.54) is 24.1 Å². The first-order chi connectivity index (χ1) is 12.2. The van der Waals surface area contributed by atoms with Gasteiger partial charge in [-0.1, -0.05) is 0 Å². The first-order valence-corrected chi connectivity index (χ1v) is 9.72. The molecule has 2 aliphatic heterocycles. The Hall–Kier alpha value is -1.53. The van der Waals surface area contributed by atoms with Gasteiger partial charge in [0.15, 0.2) is 0 Å². The van der Waals surface area contributed by atoms with Crippen LogP contribution in [0.1, 0.15) is 54.9 Å². The highest BCUT2D eigenvalue weighted by Gasteiger charge is 2.42. The average Bonchev–Trinajstić information content (AvgIpc) is 3.04. The van der Waals surface area contributed by atoms with E-state index in [1.807, 2.05) is 0 Å². The van der Waals surface area contributed by atoms with Crippen LogP contribution in [0, 0.1) is 12.3 Å². The number of hydrogen-bond donors (Lipinski definition) is 3. The third kappa shape index (κ3) is 3.55. The smallest absolute Gasteiger partial charge is 0.237 e. The van der Waals surface area contributed by atoms with Crippen LogP contribution in [0.3, 0.4) is 0 Å². The minimum absolute atomic E-state index is 0.0724. The normalized spacial score (nSPS) is 24.9. The molecule has 25 heavy (non-hydrogen) atoms. The zero-order valence-electron chi connectivity index (χ0n) is 15.2. The average molecular weight is 343 g/mol. The first-order valence-electron chi connectivity index (χ1n) is 9.72. The summed E-state index contributed by atoms with van der Waals surface area (Å²) < 4.78 is 0. The molecule has 1 amide bonds. The van der Waals surface area contributed by atoms with E-state index in [9.17, 15) is 4.79 Å². The van der Waals surface area contributed by atoms with Gasteiger partial charge in [0, 0.05) is 17.9 Å². The Morgan fingerprint density at radius 1 is 1.24 bits per heavy atom. The number of piperidine rings is 1. The molecule has 2 saturated heterocycles. The lowest BCUT2D eigenvalue weighted by Crippen LogP contribution is -2.40. The Bertz CT molecular complexity index is 653. The molecule has 6 nitrogen and oxygen atoms in total. The van der Waals surface area contributed by atoms with E-state index in [0.717, 1.165) is 63.3 Å². The van der Waals surface area contributed by atoms with Crippen LogP contribution in [0.5, 0.6) is 0 Å². The number of carbonyl (C=O) groups excluding carboxylic acids is 1. The van der Waals surface area contributed by atoms with Gasteiger partial charge in [0.25, 0.3) is 0 Å². The van der Waals surface area contributed by atoms with Gasteiger partial charge in [-0.05, 0) is 75.9 Å². The van der Waals surface area contributed by atoms with Gasteiger partial charge in [-0.15, -0.1) is 0 Å². The Balaban J connectivity index is 1.35. The number of carbonyl (C=O) groups is 1. The van der Waals surface area contributed by atoms with Gasteiger partial charge in [-0.25, -0.2) is 9.97 Å². The van der Waals surface area contributed by atoms with Gasteiger partial charge < -0.3 is 16.0 Å². The molecule has 1 aromatic rings. The lowest BCUT2D eigenvalue weighted by molar-refractivity contribution is -0.123. The molecule has 1 aliphatic carbocycles. The van der Waals surface area contributed by atoms with Gasteiger partial charge in [0.2, 0.25) is 5.91 Å². The fourth-order valence-corrected chi connectivity index (χ4v) is 4.65. The third-order valence-electron chi connectivity index (χ3n) is 6.20. The fraction of sp³-hybridized carbons (Fsp3) is 0.737. The molecule has 0 aromatic carbocycles. The maximum Gasteiger partial charge on any atom is 0.237 e. The Morgan fingerprint density at radius 3 is 2.88 bits per heavy atom. The van der Waals surface area contributed by atoms with Crippen LogP contribution < -0.4 is 16.0 Å². The van der Waals surface area contributed by atoms with Gasteiger partial charge in [-0.3, -0.25) is 4.79 Å². The predicted octanol–water partition coefficient (Wildman–Crippen LogP) is 1.01. The van der Waals surface area contributed by atoms with E-state index in [4.69, 9.17) is 4.98 Å². The standard InChI is InChI=1S/C19H29N5O/c1-13-14-4-2-3-5-15(14)24-17(23-13)11-21-18(25)16-10-19(12-22-16)6-8-20-9-7-19/h16,20,22H,2-12H2,1H3,(H,21,25). The summed E-state index contributed by atoms with van der Waals surface area (Å²) in [5.74, 6) is 0.843. The van der Waals surface area contributed by atoms with Crippen molar-refractivity contribution in [3.05, 3.63) is 22.8 Å². The number of fused-ring (bicyclic) bond motifs is 1. The van der Waals surface area contributed by atoms with Crippen LogP contribution in [0.2, 0.25) is 0 Å². The first kappa shape index (κ1) is 16.9.